The second-order valence-electron chi connectivity index (χ2n) is 7.64. The average Bonchev–Trinajstić information content (AvgIpc) is 2.99. The van der Waals surface area contributed by atoms with Crippen LogP contribution < -0.4 is 0 Å². The number of Topliss-reactive ketones (excluding diaryl/α,β-unsaturated/α-hetero) is 1. The molecule has 0 N–H and O–H groups in total. The first kappa shape index (κ1) is 19.8. The molecule has 1 aliphatic carbocycles. The molecule has 0 spiro atoms. The van der Waals surface area contributed by atoms with Crippen molar-refractivity contribution in [1.29, 1.82) is 0 Å². The highest BCUT2D eigenvalue weighted by molar-refractivity contribution is 6.01. The molecule has 1 aliphatic rings. The van der Waals surface area contributed by atoms with Crippen LogP contribution >= 0.6 is 0 Å². The van der Waals surface area contributed by atoms with Gasteiger partial charge in [0.1, 0.15) is 11.2 Å². The predicted molar refractivity (Wildman–Crippen MR) is 112 cm³/mol. The number of hydrogen-bond donors (Lipinski definition) is 0. The van der Waals surface area contributed by atoms with Crippen LogP contribution in [0.2, 0.25) is 0 Å². The van der Waals surface area contributed by atoms with E-state index in [0.717, 1.165) is 43.4 Å². The van der Waals surface area contributed by atoms with E-state index in [4.69, 9.17) is 4.74 Å². The maximum atomic E-state index is 13.6. The molecule has 27 heavy (non-hydrogen) atoms. The summed E-state index contributed by atoms with van der Waals surface area (Å²) in [5.74, 6) is 0.309. The van der Waals surface area contributed by atoms with Crippen LogP contribution in [0.1, 0.15) is 69.9 Å². The van der Waals surface area contributed by atoms with Crippen molar-refractivity contribution in [2.24, 2.45) is 0 Å². The summed E-state index contributed by atoms with van der Waals surface area (Å²) in [7, 11) is 0. The number of carbonyl (C=O) groups excluding carboxylic acids is 1. The van der Waals surface area contributed by atoms with E-state index in [1.54, 1.807) is 0 Å². The quantitative estimate of drug-likeness (QED) is 0.437. The van der Waals surface area contributed by atoms with Crippen molar-refractivity contribution in [2.75, 3.05) is 13.2 Å². The zero-order chi connectivity index (χ0) is 19.1. The average molecular weight is 365 g/mol. The Morgan fingerprint density at radius 2 is 1.37 bits per heavy atom. The van der Waals surface area contributed by atoms with Crippen LogP contribution in [0.5, 0.6) is 0 Å². The molecule has 2 nitrogen and oxygen atoms in total. The molecule has 0 heterocycles. The predicted octanol–water partition coefficient (Wildman–Crippen LogP) is 6.31. The topological polar surface area (TPSA) is 26.3 Å². The van der Waals surface area contributed by atoms with Crippen LogP contribution in [0.4, 0.5) is 0 Å². The number of ketones is 1. The largest absolute Gasteiger partial charge is 0.380 e. The van der Waals surface area contributed by atoms with E-state index in [2.05, 4.69) is 62.4 Å². The van der Waals surface area contributed by atoms with Crippen molar-refractivity contribution in [2.45, 2.75) is 64.2 Å². The summed E-state index contributed by atoms with van der Waals surface area (Å²) in [6.07, 6.45) is 7.20. The Balaban J connectivity index is 1.97. The van der Waals surface area contributed by atoms with Gasteiger partial charge in [-0.1, -0.05) is 88.1 Å². The highest BCUT2D eigenvalue weighted by Crippen LogP contribution is 2.50. The second kappa shape index (κ2) is 9.32. The molecule has 2 aromatic rings. The van der Waals surface area contributed by atoms with E-state index in [1.165, 1.54) is 24.0 Å². The van der Waals surface area contributed by atoms with Gasteiger partial charge in [-0.25, -0.2) is 0 Å². The van der Waals surface area contributed by atoms with Gasteiger partial charge in [0, 0.05) is 13.0 Å². The lowest BCUT2D eigenvalue weighted by Crippen LogP contribution is -2.40. The Hall–Kier alpha value is -1.93. The lowest BCUT2D eigenvalue weighted by molar-refractivity contribution is -0.125. The van der Waals surface area contributed by atoms with E-state index in [-0.39, 0.29) is 0 Å². The van der Waals surface area contributed by atoms with E-state index >= 15 is 0 Å². The summed E-state index contributed by atoms with van der Waals surface area (Å²) < 4.78 is 6.14. The fourth-order valence-electron chi connectivity index (χ4n) is 4.29. The number of rotatable bonds is 11. The Morgan fingerprint density at radius 3 is 1.96 bits per heavy atom. The van der Waals surface area contributed by atoms with E-state index < -0.39 is 5.41 Å². The highest BCUT2D eigenvalue weighted by Gasteiger charge is 2.48. The lowest BCUT2D eigenvalue weighted by Gasteiger charge is -2.30. The molecular weight excluding hydrogens is 332 g/mol. The Kier molecular flexibility index (Phi) is 6.84. The van der Waals surface area contributed by atoms with Gasteiger partial charge in [0.2, 0.25) is 0 Å². The third-order valence-corrected chi connectivity index (χ3v) is 5.76. The molecule has 0 bridgehead atoms. The third-order valence-electron chi connectivity index (χ3n) is 5.76. The molecule has 0 unspecified atom stereocenters. The number of hydrogen-bond acceptors (Lipinski definition) is 2. The molecular formula is C25H32O2. The van der Waals surface area contributed by atoms with Crippen LogP contribution in [0, 0.1) is 0 Å². The summed E-state index contributed by atoms with van der Waals surface area (Å²) in [5, 5.41) is 0. The van der Waals surface area contributed by atoms with Gasteiger partial charge in [-0.2, -0.15) is 0 Å². The zero-order valence-electron chi connectivity index (χ0n) is 16.8. The van der Waals surface area contributed by atoms with Crippen molar-refractivity contribution in [3.63, 3.8) is 0 Å². The minimum absolute atomic E-state index is 0.309. The molecule has 0 aromatic heterocycles. The van der Waals surface area contributed by atoms with Crippen LogP contribution in [-0.4, -0.2) is 19.0 Å². The molecule has 0 atom stereocenters. The van der Waals surface area contributed by atoms with Gasteiger partial charge in [0.15, 0.2) is 0 Å². The van der Waals surface area contributed by atoms with Crippen LogP contribution in [-0.2, 0) is 14.9 Å². The summed E-state index contributed by atoms with van der Waals surface area (Å²) in [5.41, 5.74) is 3.99. The molecule has 3 rings (SSSR count). The number of fused-ring (bicyclic) bond motifs is 3. The van der Waals surface area contributed by atoms with Gasteiger partial charge in [-0.05, 0) is 35.1 Å². The van der Waals surface area contributed by atoms with Crippen molar-refractivity contribution in [3.05, 3.63) is 59.7 Å². The van der Waals surface area contributed by atoms with Gasteiger partial charge >= 0.3 is 0 Å². The SMILES string of the molecule is CCCCCOCC1(C(=O)CCCCC)c2ccccc2-c2ccccc21. The molecule has 0 fully saturated rings. The lowest BCUT2D eigenvalue weighted by atomic mass is 9.73. The summed E-state index contributed by atoms with van der Waals surface area (Å²) in [4.78, 5) is 13.6. The second-order valence-corrected chi connectivity index (χ2v) is 7.64. The monoisotopic (exact) mass is 364 g/mol. The highest BCUT2D eigenvalue weighted by atomic mass is 16.5. The van der Waals surface area contributed by atoms with Crippen molar-refractivity contribution >= 4 is 5.78 Å². The molecule has 0 saturated carbocycles. The maximum Gasteiger partial charge on any atom is 0.150 e. The van der Waals surface area contributed by atoms with Gasteiger partial charge in [-0.15, -0.1) is 0 Å². The fraction of sp³-hybridized carbons (Fsp3) is 0.480. The van der Waals surface area contributed by atoms with Gasteiger partial charge < -0.3 is 4.74 Å². The normalized spacial score (nSPS) is 14.0. The number of carbonyl (C=O) groups is 1. The summed E-state index contributed by atoms with van der Waals surface area (Å²) >= 11 is 0. The van der Waals surface area contributed by atoms with E-state index in [9.17, 15) is 4.79 Å². The third kappa shape index (κ3) is 3.87. The van der Waals surface area contributed by atoms with Gasteiger partial charge in [0.25, 0.3) is 0 Å². The zero-order valence-corrected chi connectivity index (χ0v) is 16.8. The Labute approximate surface area is 164 Å². The Bertz CT molecular complexity index is 717. The summed E-state index contributed by atoms with van der Waals surface area (Å²) in [6.45, 7) is 5.55. The standard InChI is InChI=1S/C25H32O2/c1-3-5-7-17-24(26)25(19-27-18-12-6-4-2)22-15-10-8-13-20(22)21-14-9-11-16-23(21)25/h8-11,13-16H,3-7,12,17-19H2,1-2H3. The number of unbranched alkanes of at least 4 members (excludes halogenated alkanes) is 4. The van der Waals surface area contributed by atoms with Crippen molar-refractivity contribution < 1.29 is 9.53 Å². The first-order valence-electron chi connectivity index (χ1n) is 10.6. The van der Waals surface area contributed by atoms with Gasteiger partial charge in [0.05, 0.1) is 6.61 Å². The number of ether oxygens (including phenoxy) is 1. The van der Waals surface area contributed by atoms with Crippen molar-refractivity contribution in [1.82, 2.24) is 0 Å². The molecule has 144 valence electrons. The molecule has 2 heteroatoms. The smallest absolute Gasteiger partial charge is 0.150 e. The van der Waals surface area contributed by atoms with Crippen LogP contribution in [0.15, 0.2) is 48.5 Å². The fourth-order valence-corrected chi connectivity index (χ4v) is 4.29. The van der Waals surface area contributed by atoms with E-state index in [0.29, 0.717) is 18.8 Å². The van der Waals surface area contributed by atoms with E-state index in [1.807, 2.05) is 0 Å². The molecule has 2 aromatic carbocycles. The first-order chi connectivity index (χ1) is 13.3. The van der Waals surface area contributed by atoms with Crippen molar-refractivity contribution in [3.8, 4) is 11.1 Å². The Morgan fingerprint density at radius 1 is 0.815 bits per heavy atom. The molecule has 0 radical (unpaired) electrons. The minimum atomic E-state index is -0.646. The van der Waals surface area contributed by atoms with Crippen LogP contribution in [0.3, 0.4) is 0 Å². The maximum absolute atomic E-state index is 13.6. The minimum Gasteiger partial charge on any atom is -0.380 e. The van der Waals surface area contributed by atoms with Gasteiger partial charge in [-0.3, -0.25) is 4.79 Å². The van der Waals surface area contributed by atoms with Crippen LogP contribution in [0.25, 0.3) is 11.1 Å². The number of benzene rings is 2. The molecule has 0 aliphatic heterocycles. The first-order valence-corrected chi connectivity index (χ1v) is 10.6. The molecule has 0 amide bonds. The summed E-state index contributed by atoms with van der Waals surface area (Å²) in [6, 6.07) is 16.8. The molecule has 0 saturated heterocycles.